The van der Waals surface area contributed by atoms with Gasteiger partial charge in [-0.1, -0.05) is 23.2 Å². The molecule has 3 nitrogen and oxygen atoms in total. The first-order valence-electron chi connectivity index (χ1n) is 5.04. The first kappa shape index (κ1) is 13.3. The fourth-order valence-electron chi connectivity index (χ4n) is 1.43. The van der Waals surface area contributed by atoms with Gasteiger partial charge in [0.2, 0.25) is 0 Å². The van der Waals surface area contributed by atoms with Crippen molar-refractivity contribution in [2.24, 2.45) is 0 Å². The Kier molecular flexibility index (Phi) is 3.90. The zero-order valence-corrected chi connectivity index (χ0v) is 12.3. The van der Waals surface area contributed by atoms with Crippen molar-refractivity contribution in [1.82, 2.24) is 0 Å². The van der Waals surface area contributed by atoms with Crippen molar-refractivity contribution in [3.05, 3.63) is 44.8 Å². The second-order valence-electron chi connectivity index (χ2n) is 3.69. The zero-order valence-electron chi connectivity index (χ0n) is 9.18. The number of hydrogen-bond donors (Lipinski definition) is 3. The van der Waals surface area contributed by atoms with E-state index in [0.29, 0.717) is 27.1 Å². The molecule has 18 heavy (non-hydrogen) atoms. The van der Waals surface area contributed by atoms with Gasteiger partial charge in [-0.3, -0.25) is 0 Å². The van der Waals surface area contributed by atoms with Crippen LogP contribution in [0.3, 0.4) is 0 Å². The van der Waals surface area contributed by atoms with Gasteiger partial charge in [-0.2, -0.15) is 0 Å². The molecule has 94 valence electrons. The monoisotopic (exact) mass is 345 g/mol. The fourth-order valence-corrected chi connectivity index (χ4v) is 2.25. The minimum absolute atomic E-state index is 0.446. The van der Waals surface area contributed by atoms with Crippen LogP contribution in [-0.2, 0) is 0 Å². The topological polar surface area (TPSA) is 64.1 Å². The van der Waals surface area contributed by atoms with Gasteiger partial charge in [0.15, 0.2) is 0 Å². The Morgan fingerprint density at radius 2 is 1.67 bits per heavy atom. The number of hydrogen-bond acceptors (Lipinski definition) is 3. The van der Waals surface area contributed by atoms with Crippen LogP contribution in [-0.4, -0.2) is 0 Å². The van der Waals surface area contributed by atoms with Crippen molar-refractivity contribution in [1.29, 1.82) is 0 Å². The molecule has 0 bridgehead atoms. The predicted octanol–water partition coefficient (Wildman–Crippen LogP) is 4.66. The van der Waals surface area contributed by atoms with E-state index in [-0.39, 0.29) is 0 Å². The highest BCUT2D eigenvalue weighted by Gasteiger charge is 2.08. The maximum atomic E-state index is 6.14. The summed E-state index contributed by atoms with van der Waals surface area (Å²) in [6, 6.07) is 8.92. The molecule has 0 aliphatic rings. The summed E-state index contributed by atoms with van der Waals surface area (Å²) >= 11 is 15.5. The van der Waals surface area contributed by atoms with E-state index >= 15 is 0 Å². The number of anilines is 4. The van der Waals surface area contributed by atoms with E-state index < -0.39 is 0 Å². The summed E-state index contributed by atoms with van der Waals surface area (Å²) in [4.78, 5) is 0. The maximum absolute atomic E-state index is 6.14. The van der Waals surface area contributed by atoms with Crippen LogP contribution in [0.2, 0.25) is 10.0 Å². The normalized spacial score (nSPS) is 10.4. The zero-order chi connectivity index (χ0) is 13.3. The third-order valence-electron chi connectivity index (χ3n) is 2.40. The van der Waals surface area contributed by atoms with Crippen molar-refractivity contribution in [2.75, 3.05) is 16.8 Å². The van der Waals surface area contributed by atoms with Crippen molar-refractivity contribution in [3.8, 4) is 0 Å². The first-order valence-corrected chi connectivity index (χ1v) is 6.59. The highest BCUT2D eigenvalue weighted by atomic mass is 79.9. The van der Waals surface area contributed by atoms with Gasteiger partial charge in [-0.15, -0.1) is 0 Å². The molecule has 0 atom stereocenters. The van der Waals surface area contributed by atoms with Crippen molar-refractivity contribution in [3.63, 3.8) is 0 Å². The first-order chi connectivity index (χ1) is 8.49. The Labute approximate surface area is 123 Å². The Bertz CT molecular complexity index is 602. The summed E-state index contributed by atoms with van der Waals surface area (Å²) in [5, 5.41) is 4.04. The third kappa shape index (κ3) is 2.66. The molecule has 0 heterocycles. The fraction of sp³-hybridized carbons (Fsp3) is 0. The predicted molar refractivity (Wildman–Crippen MR) is 82.7 cm³/mol. The molecule has 0 amide bonds. The van der Waals surface area contributed by atoms with Crippen molar-refractivity contribution < 1.29 is 0 Å². The van der Waals surface area contributed by atoms with Gasteiger partial charge < -0.3 is 16.8 Å². The highest BCUT2D eigenvalue weighted by molar-refractivity contribution is 9.10. The van der Waals surface area contributed by atoms with E-state index in [1.165, 1.54) is 0 Å². The maximum Gasteiger partial charge on any atom is 0.0838 e. The molecule has 2 aromatic carbocycles. The van der Waals surface area contributed by atoms with Crippen LogP contribution < -0.4 is 16.8 Å². The molecule has 0 aliphatic heterocycles. The van der Waals surface area contributed by atoms with Crippen molar-refractivity contribution >= 4 is 61.9 Å². The van der Waals surface area contributed by atoms with E-state index in [2.05, 4.69) is 21.2 Å². The molecule has 2 rings (SSSR count). The lowest BCUT2D eigenvalue weighted by molar-refractivity contribution is 1.53. The molecule has 0 saturated heterocycles. The Hall–Kier alpha value is -1.10. The Morgan fingerprint density at radius 3 is 2.33 bits per heavy atom. The van der Waals surface area contributed by atoms with Gasteiger partial charge in [0.1, 0.15) is 0 Å². The number of rotatable bonds is 2. The number of nitrogens with one attached hydrogen (secondary N) is 1. The lowest BCUT2D eigenvalue weighted by Crippen LogP contribution is -1.97. The second kappa shape index (κ2) is 5.26. The molecule has 0 radical (unpaired) electrons. The quantitative estimate of drug-likeness (QED) is 0.547. The second-order valence-corrected chi connectivity index (χ2v) is 5.30. The van der Waals surface area contributed by atoms with Crippen LogP contribution in [0.4, 0.5) is 22.7 Å². The van der Waals surface area contributed by atoms with Crippen LogP contribution in [0.15, 0.2) is 34.8 Å². The van der Waals surface area contributed by atoms with Crippen LogP contribution in [0.1, 0.15) is 0 Å². The molecule has 5 N–H and O–H groups in total. The average molecular weight is 347 g/mol. The molecule has 6 heteroatoms. The molecule has 0 fully saturated rings. The van der Waals surface area contributed by atoms with Crippen molar-refractivity contribution in [2.45, 2.75) is 0 Å². The third-order valence-corrected chi connectivity index (χ3v) is 4.17. The summed E-state index contributed by atoms with van der Waals surface area (Å²) in [5.41, 5.74) is 13.9. The van der Waals surface area contributed by atoms with Crippen LogP contribution >= 0.6 is 39.1 Å². The number of nitrogens with two attached hydrogens (primary N) is 2. The van der Waals surface area contributed by atoms with Crippen LogP contribution in [0.25, 0.3) is 0 Å². The summed E-state index contributed by atoms with van der Waals surface area (Å²) < 4.78 is 0.747. The number of halogens is 3. The standard InChI is InChI=1S/C12H10BrCl2N3/c13-7-2-4-10(12(15)11(7)14)18-6-1-3-8(16)9(17)5-6/h1-5,18H,16-17H2. The van der Waals surface area contributed by atoms with Gasteiger partial charge in [-0.25, -0.2) is 0 Å². The van der Waals surface area contributed by atoms with Gasteiger partial charge in [-0.05, 0) is 46.3 Å². The van der Waals surface area contributed by atoms with Crippen LogP contribution in [0.5, 0.6) is 0 Å². The average Bonchev–Trinajstić information content (AvgIpc) is 2.34. The molecule has 0 saturated carbocycles. The Balaban J connectivity index is 2.34. The van der Waals surface area contributed by atoms with E-state index in [9.17, 15) is 0 Å². The molecule has 2 aromatic rings. The molecule has 0 unspecified atom stereocenters. The minimum Gasteiger partial charge on any atom is -0.397 e. The lowest BCUT2D eigenvalue weighted by Gasteiger charge is -2.11. The summed E-state index contributed by atoms with van der Waals surface area (Å²) in [5.74, 6) is 0. The summed E-state index contributed by atoms with van der Waals surface area (Å²) in [7, 11) is 0. The van der Waals surface area contributed by atoms with Gasteiger partial charge in [0, 0.05) is 10.2 Å². The molecule has 0 spiro atoms. The van der Waals surface area contributed by atoms with E-state index in [1.807, 2.05) is 18.2 Å². The van der Waals surface area contributed by atoms with Gasteiger partial charge in [0.25, 0.3) is 0 Å². The molecular weight excluding hydrogens is 337 g/mol. The largest absolute Gasteiger partial charge is 0.397 e. The summed E-state index contributed by atoms with van der Waals surface area (Å²) in [6.07, 6.45) is 0. The van der Waals surface area contributed by atoms with E-state index in [1.54, 1.807) is 12.1 Å². The number of benzene rings is 2. The SMILES string of the molecule is Nc1ccc(Nc2ccc(Br)c(Cl)c2Cl)cc1N. The van der Waals surface area contributed by atoms with E-state index in [4.69, 9.17) is 34.7 Å². The van der Waals surface area contributed by atoms with Crippen LogP contribution in [0, 0.1) is 0 Å². The Morgan fingerprint density at radius 1 is 0.944 bits per heavy atom. The lowest BCUT2D eigenvalue weighted by atomic mass is 10.2. The van der Waals surface area contributed by atoms with Gasteiger partial charge >= 0.3 is 0 Å². The minimum atomic E-state index is 0.446. The van der Waals surface area contributed by atoms with Gasteiger partial charge in [0.05, 0.1) is 27.1 Å². The molecule has 0 aromatic heterocycles. The summed E-state index contributed by atoms with van der Waals surface area (Å²) in [6.45, 7) is 0. The van der Waals surface area contributed by atoms with E-state index in [0.717, 1.165) is 10.2 Å². The highest BCUT2D eigenvalue weighted by Crippen LogP contribution is 2.37. The molecule has 0 aliphatic carbocycles. The number of nitrogen functional groups attached to an aromatic ring is 2. The molecular formula is C12H10BrCl2N3. The smallest absolute Gasteiger partial charge is 0.0838 e.